The van der Waals surface area contributed by atoms with E-state index in [0.29, 0.717) is 6.54 Å². The summed E-state index contributed by atoms with van der Waals surface area (Å²) in [7, 11) is 0. The third kappa shape index (κ3) is 3.32. The monoisotopic (exact) mass is 220 g/mol. The molecule has 0 unspecified atom stereocenters. The molecule has 0 aromatic heterocycles. The van der Waals surface area contributed by atoms with Crippen molar-refractivity contribution < 1.29 is 0 Å². The van der Waals surface area contributed by atoms with Crippen LogP contribution in [0.4, 0.5) is 0 Å². The summed E-state index contributed by atoms with van der Waals surface area (Å²) in [4.78, 5) is 0. The van der Waals surface area contributed by atoms with E-state index in [1.54, 1.807) is 0 Å². The number of aryl methyl sites for hydroxylation is 3. The molecule has 0 bridgehead atoms. The van der Waals surface area contributed by atoms with Crippen LogP contribution in [0.3, 0.4) is 0 Å². The molecule has 90 valence electrons. The lowest BCUT2D eigenvalue weighted by atomic mass is 9.98. The number of benzene rings is 1. The fraction of sp³-hybridized carbons (Fsp3) is 0.571. The van der Waals surface area contributed by atoms with Gasteiger partial charge in [0, 0.05) is 18.6 Å². The summed E-state index contributed by atoms with van der Waals surface area (Å²) < 4.78 is 0. The van der Waals surface area contributed by atoms with E-state index in [0.717, 1.165) is 6.54 Å². The summed E-state index contributed by atoms with van der Waals surface area (Å²) in [5.74, 6) is 0. The third-order valence-corrected chi connectivity index (χ3v) is 3.09. The molecule has 0 aliphatic heterocycles. The standard InChI is InChI=1S/C14H24N2/c1-10-6-11(2)13(12(3)7-10)8-16-14(4,5)9-15/h6-7,16H,8-9,15H2,1-5H3. The topological polar surface area (TPSA) is 38.0 Å². The van der Waals surface area contributed by atoms with E-state index >= 15 is 0 Å². The first kappa shape index (κ1) is 13.2. The maximum Gasteiger partial charge on any atom is 0.0250 e. The second kappa shape index (κ2) is 4.98. The quantitative estimate of drug-likeness (QED) is 0.818. The van der Waals surface area contributed by atoms with Crippen molar-refractivity contribution in [1.82, 2.24) is 5.32 Å². The van der Waals surface area contributed by atoms with Gasteiger partial charge in [-0.2, -0.15) is 0 Å². The van der Waals surface area contributed by atoms with E-state index in [-0.39, 0.29) is 5.54 Å². The summed E-state index contributed by atoms with van der Waals surface area (Å²) >= 11 is 0. The highest BCUT2D eigenvalue weighted by Gasteiger charge is 2.15. The molecule has 0 radical (unpaired) electrons. The van der Waals surface area contributed by atoms with Gasteiger partial charge in [-0.25, -0.2) is 0 Å². The van der Waals surface area contributed by atoms with E-state index in [1.165, 1.54) is 22.3 Å². The summed E-state index contributed by atoms with van der Waals surface area (Å²) in [6.45, 7) is 12.3. The van der Waals surface area contributed by atoms with Crippen LogP contribution in [0.15, 0.2) is 12.1 Å². The number of hydrogen-bond acceptors (Lipinski definition) is 2. The molecule has 1 aromatic carbocycles. The Hall–Kier alpha value is -0.860. The average molecular weight is 220 g/mol. The molecule has 0 atom stereocenters. The lowest BCUT2D eigenvalue weighted by Crippen LogP contribution is -2.45. The summed E-state index contributed by atoms with van der Waals surface area (Å²) in [6, 6.07) is 4.47. The van der Waals surface area contributed by atoms with Crippen LogP contribution < -0.4 is 11.1 Å². The van der Waals surface area contributed by atoms with Crippen molar-refractivity contribution >= 4 is 0 Å². The fourth-order valence-electron chi connectivity index (χ4n) is 1.89. The number of rotatable bonds is 4. The van der Waals surface area contributed by atoms with Gasteiger partial charge >= 0.3 is 0 Å². The van der Waals surface area contributed by atoms with Crippen molar-refractivity contribution in [3.8, 4) is 0 Å². The summed E-state index contributed by atoms with van der Waals surface area (Å²) in [5, 5.41) is 3.50. The maximum absolute atomic E-state index is 5.71. The first-order valence-electron chi connectivity index (χ1n) is 5.87. The van der Waals surface area contributed by atoms with Crippen molar-refractivity contribution in [2.75, 3.05) is 6.54 Å². The molecule has 0 heterocycles. The molecular formula is C14H24N2. The van der Waals surface area contributed by atoms with E-state index in [9.17, 15) is 0 Å². The normalized spacial score (nSPS) is 11.9. The van der Waals surface area contributed by atoms with E-state index < -0.39 is 0 Å². The second-order valence-corrected chi connectivity index (χ2v) is 5.32. The van der Waals surface area contributed by atoms with E-state index in [2.05, 4.69) is 52.1 Å². The van der Waals surface area contributed by atoms with Gasteiger partial charge in [0.15, 0.2) is 0 Å². The van der Waals surface area contributed by atoms with Crippen LogP contribution in [0.25, 0.3) is 0 Å². The number of nitrogens with two attached hydrogens (primary N) is 1. The van der Waals surface area contributed by atoms with Crippen LogP contribution in [0.1, 0.15) is 36.1 Å². The minimum absolute atomic E-state index is 0.00374. The molecule has 0 saturated carbocycles. The Kier molecular flexibility index (Phi) is 4.11. The highest BCUT2D eigenvalue weighted by molar-refractivity contribution is 5.37. The van der Waals surface area contributed by atoms with Gasteiger partial charge in [-0.15, -0.1) is 0 Å². The molecule has 1 rings (SSSR count). The van der Waals surface area contributed by atoms with Crippen molar-refractivity contribution in [2.24, 2.45) is 5.73 Å². The summed E-state index contributed by atoms with van der Waals surface area (Å²) in [6.07, 6.45) is 0. The Morgan fingerprint density at radius 2 is 1.62 bits per heavy atom. The number of nitrogens with one attached hydrogen (secondary N) is 1. The molecule has 3 N–H and O–H groups in total. The van der Waals surface area contributed by atoms with Crippen LogP contribution in [0.2, 0.25) is 0 Å². The van der Waals surface area contributed by atoms with Crippen LogP contribution in [0.5, 0.6) is 0 Å². The van der Waals surface area contributed by atoms with Gasteiger partial charge in [-0.1, -0.05) is 17.7 Å². The Morgan fingerprint density at radius 1 is 1.12 bits per heavy atom. The molecule has 0 amide bonds. The minimum Gasteiger partial charge on any atom is -0.329 e. The molecule has 0 fully saturated rings. The molecule has 0 saturated heterocycles. The van der Waals surface area contributed by atoms with Crippen molar-refractivity contribution in [3.63, 3.8) is 0 Å². The van der Waals surface area contributed by atoms with Gasteiger partial charge in [0.1, 0.15) is 0 Å². The summed E-state index contributed by atoms with van der Waals surface area (Å²) in [5.41, 5.74) is 11.2. The van der Waals surface area contributed by atoms with Gasteiger partial charge in [-0.05, 0) is 51.3 Å². The Labute approximate surface area is 99.2 Å². The Balaban J connectivity index is 2.82. The highest BCUT2D eigenvalue weighted by Crippen LogP contribution is 2.17. The second-order valence-electron chi connectivity index (χ2n) is 5.32. The molecule has 0 aliphatic rings. The highest BCUT2D eigenvalue weighted by atomic mass is 15.0. The van der Waals surface area contributed by atoms with Crippen LogP contribution >= 0.6 is 0 Å². The molecular weight excluding hydrogens is 196 g/mol. The smallest absolute Gasteiger partial charge is 0.0250 e. The molecule has 0 spiro atoms. The lowest BCUT2D eigenvalue weighted by Gasteiger charge is -2.25. The largest absolute Gasteiger partial charge is 0.329 e. The SMILES string of the molecule is Cc1cc(C)c(CNC(C)(C)CN)c(C)c1. The zero-order valence-electron chi connectivity index (χ0n) is 11.1. The van der Waals surface area contributed by atoms with Gasteiger partial charge in [0.05, 0.1) is 0 Å². The zero-order valence-corrected chi connectivity index (χ0v) is 11.1. The van der Waals surface area contributed by atoms with E-state index in [4.69, 9.17) is 5.73 Å². The van der Waals surface area contributed by atoms with E-state index in [1.807, 2.05) is 0 Å². The first-order chi connectivity index (χ1) is 7.35. The van der Waals surface area contributed by atoms with Gasteiger partial charge < -0.3 is 11.1 Å². The van der Waals surface area contributed by atoms with Crippen molar-refractivity contribution in [1.29, 1.82) is 0 Å². The first-order valence-corrected chi connectivity index (χ1v) is 5.87. The average Bonchev–Trinajstić information content (AvgIpc) is 2.16. The molecule has 0 aliphatic carbocycles. The van der Waals surface area contributed by atoms with Crippen molar-refractivity contribution in [2.45, 2.75) is 46.7 Å². The molecule has 2 nitrogen and oxygen atoms in total. The Morgan fingerprint density at radius 3 is 2.06 bits per heavy atom. The van der Waals surface area contributed by atoms with Gasteiger partial charge in [-0.3, -0.25) is 0 Å². The van der Waals surface area contributed by atoms with Crippen LogP contribution in [-0.2, 0) is 6.54 Å². The predicted molar refractivity (Wildman–Crippen MR) is 70.6 cm³/mol. The zero-order chi connectivity index (χ0) is 12.3. The Bertz CT molecular complexity index is 344. The lowest BCUT2D eigenvalue weighted by molar-refractivity contribution is 0.396. The third-order valence-electron chi connectivity index (χ3n) is 3.09. The molecule has 2 heteroatoms. The minimum atomic E-state index is 0.00374. The van der Waals surface area contributed by atoms with Crippen LogP contribution in [-0.4, -0.2) is 12.1 Å². The van der Waals surface area contributed by atoms with Gasteiger partial charge in [0.2, 0.25) is 0 Å². The fourth-order valence-corrected chi connectivity index (χ4v) is 1.89. The molecule has 16 heavy (non-hydrogen) atoms. The van der Waals surface area contributed by atoms with Crippen LogP contribution in [0, 0.1) is 20.8 Å². The maximum atomic E-state index is 5.71. The van der Waals surface area contributed by atoms with Gasteiger partial charge in [0.25, 0.3) is 0 Å². The number of hydrogen-bond donors (Lipinski definition) is 2. The van der Waals surface area contributed by atoms with Crippen molar-refractivity contribution in [3.05, 3.63) is 34.4 Å². The predicted octanol–water partition coefficient (Wildman–Crippen LogP) is 2.44. The molecule has 1 aromatic rings.